The molecule has 0 aliphatic carbocycles. The summed E-state index contributed by atoms with van der Waals surface area (Å²) in [4.78, 5) is 2.06. The Hall–Kier alpha value is -1.74. The van der Waals surface area contributed by atoms with Gasteiger partial charge in [-0.15, -0.1) is 0 Å². The molecule has 1 aliphatic rings. The van der Waals surface area contributed by atoms with Crippen molar-refractivity contribution in [2.45, 2.75) is 38.8 Å². The summed E-state index contributed by atoms with van der Waals surface area (Å²) in [7, 11) is 0. The van der Waals surface area contributed by atoms with Crippen LogP contribution >= 0.6 is 0 Å². The molecule has 0 bridgehead atoms. The molecule has 1 aromatic rings. The molecule has 0 amide bonds. The fourth-order valence-corrected chi connectivity index (χ4v) is 2.25. The molecule has 0 saturated carbocycles. The molecule has 2 heterocycles. The lowest BCUT2D eigenvalue weighted by atomic mass is 10.3. The van der Waals surface area contributed by atoms with Crippen LogP contribution in [-0.2, 0) is 6.54 Å². The number of nitrogen functional groups attached to an aromatic ring is 1. The molecule has 1 fully saturated rings. The van der Waals surface area contributed by atoms with E-state index in [4.69, 9.17) is 11.5 Å². The Kier molecular flexibility index (Phi) is 3.72. The molecule has 0 spiro atoms. The normalized spacial score (nSPS) is 19.2. The van der Waals surface area contributed by atoms with Gasteiger partial charge in [0.05, 0.1) is 0 Å². The van der Waals surface area contributed by atoms with Crippen molar-refractivity contribution >= 4 is 11.6 Å². The van der Waals surface area contributed by atoms with Crippen molar-refractivity contribution in [3.63, 3.8) is 0 Å². The van der Waals surface area contributed by atoms with Gasteiger partial charge in [0.15, 0.2) is 5.82 Å². The highest BCUT2D eigenvalue weighted by Gasteiger charge is 2.26. The van der Waals surface area contributed by atoms with E-state index in [1.807, 2.05) is 0 Å². The van der Waals surface area contributed by atoms with Crippen molar-refractivity contribution in [2.75, 3.05) is 23.7 Å². The second-order valence-electron chi connectivity index (χ2n) is 4.77. The molecule has 4 N–H and O–H groups in total. The van der Waals surface area contributed by atoms with Crippen molar-refractivity contribution in [1.29, 1.82) is 5.26 Å². The first-order chi connectivity index (χ1) is 8.67. The minimum Gasteiger partial charge on any atom is -0.383 e. The molecule has 1 atom stereocenters. The Morgan fingerprint density at radius 2 is 2.33 bits per heavy atom. The molecule has 6 heteroatoms. The second-order valence-corrected chi connectivity index (χ2v) is 4.77. The third-order valence-electron chi connectivity index (χ3n) is 3.33. The lowest BCUT2D eigenvalue weighted by molar-refractivity contribution is 0.577. The van der Waals surface area contributed by atoms with Crippen LogP contribution in [-0.4, -0.2) is 28.9 Å². The fourth-order valence-electron chi connectivity index (χ4n) is 2.25. The SMILES string of the molecule is CCCCn1nc(N2CCC(N)C2)c(C#N)c1N. The summed E-state index contributed by atoms with van der Waals surface area (Å²) in [6, 6.07) is 2.33. The van der Waals surface area contributed by atoms with E-state index >= 15 is 0 Å². The maximum Gasteiger partial charge on any atom is 0.170 e. The molecule has 18 heavy (non-hydrogen) atoms. The summed E-state index contributed by atoms with van der Waals surface area (Å²) in [5, 5.41) is 13.7. The van der Waals surface area contributed by atoms with Gasteiger partial charge in [-0.25, -0.2) is 4.68 Å². The van der Waals surface area contributed by atoms with Gasteiger partial charge >= 0.3 is 0 Å². The van der Waals surface area contributed by atoms with Crippen molar-refractivity contribution in [2.24, 2.45) is 5.73 Å². The van der Waals surface area contributed by atoms with Crippen molar-refractivity contribution in [3.8, 4) is 6.07 Å². The zero-order chi connectivity index (χ0) is 13.1. The number of anilines is 2. The van der Waals surface area contributed by atoms with Crippen LogP contribution in [0.5, 0.6) is 0 Å². The van der Waals surface area contributed by atoms with Gasteiger partial charge in [0.25, 0.3) is 0 Å². The topological polar surface area (TPSA) is 96.9 Å². The zero-order valence-electron chi connectivity index (χ0n) is 10.8. The molecule has 2 rings (SSSR count). The molecule has 1 saturated heterocycles. The molecule has 6 nitrogen and oxygen atoms in total. The Balaban J connectivity index is 2.27. The highest BCUT2D eigenvalue weighted by Crippen LogP contribution is 2.27. The van der Waals surface area contributed by atoms with Crippen LogP contribution in [0.1, 0.15) is 31.7 Å². The van der Waals surface area contributed by atoms with Crippen LogP contribution in [0, 0.1) is 11.3 Å². The van der Waals surface area contributed by atoms with Crippen molar-refractivity contribution in [3.05, 3.63) is 5.56 Å². The molecule has 0 aromatic carbocycles. The van der Waals surface area contributed by atoms with E-state index in [-0.39, 0.29) is 6.04 Å². The van der Waals surface area contributed by atoms with Crippen LogP contribution < -0.4 is 16.4 Å². The second kappa shape index (κ2) is 5.27. The van der Waals surface area contributed by atoms with Gasteiger partial charge in [0.2, 0.25) is 0 Å². The number of nitrogens with two attached hydrogens (primary N) is 2. The smallest absolute Gasteiger partial charge is 0.170 e. The summed E-state index contributed by atoms with van der Waals surface area (Å²) < 4.78 is 1.74. The first-order valence-electron chi connectivity index (χ1n) is 6.44. The van der Waals surface area contributed by atoms with Crippen LogP contribution in [0.15, 0.2) is 0 Å². The standard InChI is InChI=1S/C12H20N6/c1-2-3-5-18-11(15)10(7-13)12(16-18)17-6-4-9(14)8-17/h9H,2-6,8,14-15H2,1H3. The lowest BCUT2D eigenvalue weighted by Crippen LogP contribution is -2.27. The van der Waals surface area contributed by atoms with E-state index in [1.165, 1.54) is 0 Å². The van der Waals surface area contributed by atoms with Gasteiger partial charge in [-0.2, -0.15) is 10.4 Å². The molecular formula is C12H20N6. The summed E-state index contributed by atoms with van der Waals surface area (Å²) in [6.07, 6.45) is 3.02. The number of unbranched alkanes of at least 4 members (excludes halogenated alkanes) is 1. The molecular weight excluding hydrogens is 228 g/mol. The van der Waals surface area contributed by atoms with E-state index in [9.17, 15) is 5.26 Å². The van der Waals surface area contributed by atoms with Gasteiger partial charge in [-0.3, -0.25) is 0 Å². The average molecular weight is 248 g/mol. The molecule has 1 aromatic heterocycles. The number of aromatic nitrogens is 2. The van der Waals surface area contributed by atoms with Gasteiger partial charge in [-0.05, 0) is 12.8 Å². The molecule has 1 unspecified atom stereocenters. The molecule has 1 aliphatic heterocycles. The maximum absolute atomic E-state index is 9.22. The van der Waals surface area contributed by atoms with Crippen LogP contribution in [0.25, 0.3) is 0 Å². The number of rotatable bonds is 4. The van der Waals surface area contributed by atoms with E-state index in [2.05, 4.69) is 23.0 Å². The Morgan fingerprint density at radius 1 is 1.56 bits per heavy atom. The van der Waals surface area contributed by atoms with E-state index < -0.39 is 0 Å². The zero-order valence-corrected chi connectivity index (χ0v) is 10.8. The highest BCUT2D eigenvalue weighted by atomic mass is 15.4. The predicted molar refractivity (Wildman–Crippen MR) is 71.1 cm³/mol. The summed E-state index contributed by atoms with van der Waals surface area (Å²) in [6.45, 7) is 4.47. The van der Waals surface area contributed by atoms with Crippen LogP contribution in [0.4, 0.5) is 11.6 Å². The van der Waals surface area contributed by atoms with Crippen molar-refractivity contribution in [1.82, 2.24) is 9.78 Å². The largest absolute Gasteiger partial charge is 0.383 e. The predicted octanol–water partition coefficient (Wildman–Crippen LogP) is 0.674. The van der Waals surface area contributed by atoms with E-state index in [1.54, 1.807) is 4.68 Å². The minimum absolute atomic E-state index is 0.165. The van der Waals surface area contributed by atoms with Crippen LogP contribution in [0.2, 0.25) is 0 Å². The van der Waals surface area contributed by atoms with Crippen molar-refractivity contribution < 1.29 is 0 Å². The van der Waals surface area contributed by atoms with E-state index in [0.717, 1.165) is 38.9 Å². The Morgan fingerprint density at radius 3 is 2.89 bits per heavy atom. The summed E-state index contributed by atoms with van der Waals surface area (Å²) in [5.41, 5.74) is 12.4. The van der Waals surface area contributed by atoms with Gasteiger partial charge in [0, 0.05) is 25.7 Å². The minimum atomic E-state index is 0.165. The summed E-state index contributed by atoms with van der Waals surface area (Å²) in [5.74, 6) is 1.17. The first-order valence-corrected chi connectivity index (χ1v) is 6.44. The Bertz CT molecular complexity index is 458. The number of hydrogen-bond acceptors (Lipinski definition) is 5. The van der Waals surface area contributed by atoms with E-state index in [0.29, 0.717) is 17.2 Å². The number of nitrogens with zero attached hydrogens (tertiary/aromatic N) is 4. The fraction of sp³-hybridized carbons (Fsp3) is 0.667. The van der Waals surface area contributed by atoms with Gasteiger partial charge in [0.1, 0.15) is 17.5 Å². The average Bonchev–Trinajstić information content (AvgIpc) is 2.91. The molecule has 0 radical (unpaired) electrons. The van der Waals surface area contributed by atoms with Gasteiger partial charge < -0.3 is 16.4 Å². The number of aryl methyl sites for hydroxylation is 1. The monoisotopic (exact) mass is 248 g/mol. The summed E-state index contributed by atoms with van der Waals surface area (Å²) >= 11 is 0. The van der Waals surface area contributed by atoms with Crippen LogP contribution in [0.3, 0.4) is 0 Å². The molecule has 98 valence electrons. The first kappa shape index (κ1) is 12.7. The Labute approximate surface area is 107 Å². The number of nitriles is 1. The quantitative estimate of drug-likeness (QED) is 0.816. The third-order valence-corrected chi connectivity index (χ3v) is 3.33. The number of hydrogen-bond donors (Lipinski definition) is 2. The third kappa shape index (κ3) is 2.27. The lowest BCUT2D eigenvalue weighted by Gasteiger charge is -2.14. The van der Waals surface area contributed by atoms with Gasteiger partial charge in [-0.1, -0.05) is 13.3 Å². The highest BCUT2D eigenvalue weighted by molar-refractivity contribution is 5.65. The maximum atomic E-state index is 9.22.